The van der Waals surface area contributed by atoms with Gasteiger partial charge in [0.1, 0.15) is 17.2 Å². The first-order chi connectivity index (χ1) is 13.3. The number of nitro benzene ring substituents is 1. The fraction of sp³-hybridized carbons (Fsp3) is 0.333. The number of benzene rings is 2. The molecule has 0 radical (unpaired) electrons. The Hall–Kier alpha value is -2.85. The Bertz CT molecular complexity index is 963. The fourth-order valence-corrected chi connectivity index (χ4v) is 4.47. The van der Waals surface area contributed by atoms with Crippen LogP contribution in [0, 0.1) is 10.1 Å². The van der Waals surface area contributed by atoms with Gasteiger partial charge in [0, 0.05) is 37.4 Å². The van der Waals surface area contributed by atoms with Gasteiger partial charge in [0.25, 0.3) is 0 Å². The third-order valence-electron chi connectivity index (χ3n) is 4.38. The van der Waals surface area contributed by atoms with Crippen LogP contribution in [0.25, 0.3) is 0 Å². The Balaban J connectivity index is 1.97. The highest BCUT2D eigenvalue weighted by atomic mass is 32.2. The molecule has 1 fully saturated rings. The molecule has 0 amide bonds. The maximum Gasteiger partial charge on any atom is 0.312 e. The van der Waals surface area contributed by atoms with Crippen LogP contribution >= 0.6 is 0 Å². The van der Waals surface area contributed by atoms with E-state index >= 15 is 0 Å². The van der Waals surface area contributed by atoms with Gasteiger partial charge >= 0.3 is 5.69 Å². The lowest BCUT2D eigenvalue weighted by Crippen LogP contribution is -2.27. The molecule has 0 unspecified atom stereocenters. The molecule has 10 heteroatoms. The van der Waals surface area contributed by atoms with Crippen molar-refractivity contribution < 1.29 is 27.6 Å². The zero-order valence-electron chi connectivity index (χ0n) is 15.5. The predicted molar refractivity (Wildman–Crippen MR) is 101 cm³/mol. The predicted octanol–water partition coefficient (Wildman–Crippen LogP) is 3.19. The van der Waals surface area contributed by atoms with Crippen molar-refractivity contribution in [1.29, 1.82) is 0 Å². The molecule has 0 atom stereocenters. The van der Waals surface area contributed by atoms with Gasteiger partial charge in [-0.2, -0.15) is 4.31 Å². The quantitative estimate of drug-likeness (QED) is 0.511. The normalized spacial score (nSPS) is 14.6. The number of methoxy groups -OCH3 is 2. The summed E-state index contributed by atoms with van der Waals surface area (Å²) in [5.74, 6) is 1.07. The van der Waals surface area contributed by atoms with Gasteiger partial charge in [-0.05, 0) is 25.0 Å². The van der Waals surface area contributed by atoms with E-state index in [0.717, 1.165) is 18.9 Å². The monoisotopic (exact) mass is 408 g/mol. The maximum atomic E-state index is 12.7. The molecule has 3 rings (SSSR count). The van der Waals surface area contributed by atoms with E-state index in [0.29, 0.717) is 24.6 Å². The zero-order valence-corrected chi connectivity index (χ0v) is 16.3. The highest BCUT2D eigenvalue weighted by Gasteiger charge is 2.30. The van der Waals surface area contributed by atoms with Gasteiger partial charge in [-0.1, -0.05) is 0 Å². The molecule has 1 aliphatic heterocycles. The van der Waals surface area contributed by atoms with Crippen molar-refractivity contribution in [3.05, 3.63) is 46.5 Å². The summed E-state index contributed by atoms with van der Waals surface area (Å²) >= 11 is 0. The molecule has 150 valence electrons. The highest BCUT2D eigenvalue weighted by Crippen LogP contribution is 2.37. The van der Waals surface area contributed by atoms with Crippen molar-refractivity contribution in [1.82, 2.24) is 4.31 Å². The van der Waals surface area contributed by atoms with Crippen LogP contribution in [0.2, 0.25) is 0 Å². The standard InChI is InChI=1S/C18H20N2O7S/c1-25-13-9-14(26-2)11-15(10-13)27-18-6-5-16(12-17(18)20(21)22)28(23,24)19-7-3-4-8-19/h5-6,9-12H,3-4,7-8H2,1-2H3. The smallest absolute Gasteiger partial charge is 0.312 e. The molecular formula is C18H20N2O7S. The van der Waals surface area contributed by atoms with Crippen LogP contribution in [-0.2, 0) is 10.0 Å². The molecule has 1 heterocycles. The molecule has 28 heavy (non-hydrogen) atoms. The summed E-state index contributed by atoms with van der Waals surface area (Å²) in [5.41, 5.74) is -0.443. The van der Waals surface area contributed by atoms with Gasteiger partial charge in [0.2, 0.25) is 15.8 Å². The Morgan fingerprint density at radius 3 is 2.07 bits per heavy atom. The van der Waals surface area contributed by atoms with Gasteiger partial charge in [-0.25, -0.2) is 8.42 Å². The van der Waals surface area contributed by atoms with E-state index in [1.165, 1.54) is 30.7 Å². The number of nitrogens with zero attached hydrogens (tertiary/aromatic N) is 2. The van der Waals surface area contributed by atoms with Crippen molar-refractivity contribution in [2.24, 2.45) is 0 Å². The van der Waals surface area contributed by atoms with E-state index in [2.05, 4.69) is 0 Å². The van der Waals surface area contributed by atoms with Crippen LogP contribution in [-0.4, -0.2) is 45.0 Å². The van der Waals surface area contributed by atoms with Crippen molar-refractivity contribution in [3.8, 4) is 23.0 Å². The largest absolute Gasteiger partial charge is 0.496 e. The van der Waals surface area contributed by atoms with E-state index in [4.69, 9.17) is 14.2 Å². The van der Waals surface area contributed by atoms with Gasteiger partial charge < -0.3 is 14.2 Å². The van der Waals surface area contributed by atoms with E-state index in [1.54, 1.807) is 18.2 Å². The summed E-state index contributed by atoms with van der Waals surface area (Å²) in [6.07, 6.45) is 1.56. The summed E-state index contributed by atoms with van der Waals surface area (Å²) in [4.78, 5) is 10.7. The summed E-state index contributed by atoms with van der Waals surface area (Å²) in [7, 11) is -0.830. The molecular weight excluding hydrogens is 388 g/mol. The SMILES string of the molecule is COc1cc(OC)cc(Oc2ccc(S(=O)(=O)N3CCCC3)cc2[N+](=O)[O-])c1. The molecule has 0 aliphatic carbocycles. The fourth-order valence-electron chi connectivity index (χ4n) is 2.93. The first-order valence-corrected chi connectivity index (χ1v) is 9.98. The first kappa shape index (κ1) is 19.9. The molecule has 0 saturated carbocycles. The third-order valence-corrected chi connectivity index (χ3v) is 6.28. The first-order valence-electron chi connectivity index (χ1n) is 8.54. The number of rotatable bonds is 7. The van der Waals surface area contributed by atoms with E-state index in [9.17, 15) is 18.5 Å². The molecule has 1 aliphatic rings. The number of hydrogen-bond donors (Lipinski definition) is 0. The zero-order chi connectivity index (χ0) is 20.3. The van der Waals surface area contributed by atoms with Gasteiger partial charge in [-0.15, -0.1) is 0 Å². The van der Waals surface area contributed by atoms with Crippen molar-refractivity contribution in [2.75, 3.05) is 27.3 Å². The highest BCUT2D eigenvalue weighted by molar-refractivity contribution is 7.89. The topological polar surface area (TPSA) is 108 Å². The molecule has 1 saturated heterocycles. The number of nitro groups is 1. The summed E-state index contributed by atoms with van der Waals surface area (Å²) in [5, 5.41) is 11.5. The minimum Gasteiger partial charge on any atom is -0.496 e. The summed E-state index contributed by atoms with van der Waals surface area (Å²) in [6.45, 7) is 0.829. The lowest BCUT2D eigenvalue weighted by atomic mass is 10.2. The third kappa shape index (κ3) is 4.02. The average molecular weight is 408 g/mol. The lowest BCUT2D eigenvalue weighted by Gasteiger charge is -2.16. The van der Waals surface area contributed by atoms with Crippen LogP contribution < -0.4 is 14.2 Å². The van der Waals surface area contributed by atoms with Crippen molar-refractivity contribution in [3.63, 3.8) is 0 Å². The van der Waals surface area contributed by atoms with E-state index < -0.39 is 20.6 Å². The lowest BCUT2D eigenvalue weighted by molar-refractivity contribution is -0.385. The maximum absolute atomic E-state index is 12.7. The summed E-state index contributed by atoms with van der Waals surface area (Å²) in [6, 6.07) is 8.34. The van der Waals surface area contributed by atoms with Gasteiger partial charge in [-0.3, -0.25) is 10.1 Å². The van der Waals surface area contributed by atoms with Crippen LogP contribution in [0.5, 0.6) is 23.0 Å². The van der Waals surface area contributed by atoms with E-state index in [1.807, 2.05) is 0 Å². The van der Waals surface area contributed by atoms with Crippen LogP contribution in [0.1, 0.15) is 12.8 Å². The Kier molecular flexibility index (Phi) is 5.71. The van der Waals surface area contributed by atoms with Gasteiger partial charge in [0.15, 0.2) is 0 Å². The van der Waals surface area contributed by atoms with Crippen molar-refractivity contribution in [2.45, 2.75) is 17.7 Å². The van der Waals surface area contributed by atoms with Crippen LogP contribution in [0.4, 0.5) is 5.69 Å². The molecule has 9 nitrogen and oxygen atoms in total. The second kappa shape index (κ2) is 8.03. The minimum atomic E-state index is -3.77. The Morgan fingerprint density at radius 2 is 1.54 bits per heavy atom. The average Bonchev–Trinajstić information content (AvgIpc) is 3.23. The van der Waals surface area contributed by atoms with Gasteiger partial charge in [0.05, 0.1) is 24.0 Å². The van der Waals surface area contributed by atoms with Crippen LogP contribution in [0.3, 0.4) is 0 Å². The van der Waals surface area contributed by atoms with Crippen molar-refractivity contribution >= 4 is 15.7 Å². The van der Waals surface area contributed by atoms with E-state index in [-0.39, 0.29) is 16.4 Å². The second-order valence-corrected chi connectivity index (χ2v) is 8.09. The molecule has 0 N–H and O–H groups in total. The molecule has 2 aromatic carbocycles. The molecule has 2 aromatic rings. The molecule has 0 bridgehead atoms. The Morgan fingerprint density at radius 1 is 0.964 bits per heavy atom. The number of ether oxygens (including phenoxy) is 3. The number of sulfonamides is 1. The second-order valence-electron chi connectivity index (χ2n) is 6.15. The summed E-state index contributed by atoms with van der Waals surface area (Å²) < 4.78 is 42.6. The molecule has 0 aromatic heterocycles. The Labute approximate surface area is 162 Å². The number of hydrogen-bond acceptors (Lipinski definition) is 7. The molecule has 0 spiro atoms. The van der Waals surface area contributed by atoms with Crippen LogP contribution in [0.15, 0.2) is 41.3 Å². The minimum absolute atomic E-state index is 0.0827.